The van der Waals surface area contributed by atoms with Crippen molar-refractivity contribution in [3.8, 4) is 0 Å². The van der Waals surface area contributed by atoms with Crippen molar-refractivity contribution in [3.05, 3.63) is 109 Å². The number of benzene rings is 2. The molecule has 44 heavy (non-hydrogen) atoms. The van der Waals surface area contributed by atoms with Crippen LogP contribution in [0.25, 0.3) is 22.1 Å². The van der Waals surface area contributed by atoms with Gasteiger partial charge >= 0.3 is 0 Å². The van der Waals surface area contributed by atoms with Crippen molar-refractivity contribution in [2.24, 2.45) is 0 Å². The summed E-state index contributed by atoms with van der Waals surface area (Å²) in [6, 6.07) is 28.5. The van der Waals surface area contributed by atoms with Crippen LogP contribution in [0.5, 0.6) is 0 Å². The van der Waals surface area contributed by atoms with Gasteiger partial charge in [-0.15, -0.1) is 0 Å². The highest BCUT2D eigenvalue weighted by molar-refractivity contribution is 5.75. The van der Waals surface area contributed by atoms with Crippen molar-refractivity contribution in [3.63, 3.8) is 0 Å². The number of aromatic amines is 2. The first-order valence-electron chi connectivity index (χ1n) is 15.4. The molecular formula is C34H38N10. The molecule has 0 aliphatic carbocycles. The summed E-state index contributed by atoms with van der Waals surface area (Å²) < 4.78 is 0. The molecule has 0 bridgehead atoms. The second kappa shape index (κ2) is 13.2. The summed E-state index contributed by atoms with van der Waals surface area (Å²) >= 11 is 0. The van der Waals surface area contributed by atoms with Crippen LogP contribution in [0.1, 0.15) is 11.6 Å². The number of fused-ring (bicyclic) bond motifs is 2. The van der Waals surface area contributed by atoms with Crippen molar-refractivity contribution in [1.29, 1.82) is 0 Å². The van der Waals surface area contributed by atoms with Crippen molar-refractivity contribution in [2.45, 2.75) is 13.1 Å². The Morgan fingerprint density at radius 2 is 0.886 bits per heavy atom. The van der Waals surface area contributed by atoms with E-state index in [0.29, 0.717) is 0 Å². The first-order valence-corrected chi connectivity index (χ1v) is 15.4. The van der Waals surface area contributed by atoms with Crippen molar-refractivity contribution in [1.82, 2.24) is 39.7 Å². The Labute approximate surface area is 257 Å². The fourth-order valence-corrected chi connectivity index (χ4v) is 5.94. The fourth-order valence-electron chi connectivity index (χ4n) is 5.94. The van der Waals surface area contributed by atoms with Crippen LogP contribution in [0.2, 0.25) is 0 Å². The van der Waals surface area contributed by atoms with Gasteiger partial charge in [0.1, 0.15) is 23.3 Å². The number of pyridine rings is 2. The first-order chi connectivity index (χ1) is 21.8. The fraction of sp³-hybridized carbons (Fsp3) is 0.294. The summed E-state index contributed by atoms with van der Waals surface area (Å²) in [6.07, 6.45) is 3.71. The molecule has 2 aliphatic rings. The standard InChI is InChI=1S/2C17H19N5/c2*1-2-6-15-14(5-1)19-16(20-15)13-21-9-11-22(12-10-21)17-7-3-4-8-18-17/h2*1-8H,9-13H2,(H,19,20). The van der Waals surface area contributed by atoms with Gasteiger partial charge in [0, 0.05) is 64.8 Å². The lowest BCUT2D eigenvalue weighted by atomic mass is 10.3. The number of hydrogen-bond acceptors (Lipinski definition) is 8. The minimum atomic E-state index is 0.880. The Morgan fingerprint density at radius 3 is 1.27 bits per heavy atom. The van der Waals surface area contributed by atoms with E-state index in [1.165, 1.54) is 0 Å². The van der Waals surface area contributed by atoms with Crippen LogP contribution in [-0.4, -0.2) is 92.1 Å². The second-order valence-corrected chi connectivity index (χ2v) is 11.3. The number of hydrogen-bond donors (Lipinski definition) is 2. The van der Waals surface area contributed by atoms with Crippen LogP contribution < -0.4 is 9.80 Å². The number of H-pyrrole nitrogens is 2. The summed E-state index contributed by atoms with van der Waals surface area (Å²) in [7, 11) is 0. The number of piperazine rings is 2. The topological polar surface area (TPSA) is 96.1 Å². The third-order valence-corrected chi connectivity index (χ3v) is 8.31. The number of anilines is 2. The molecule has 0 amide bonds. The smallest absolute Gasteiger partial charge is 0.128 e. The number of rotatable bonds is 6. The molecule has 0 saturated carbocycles. The van der Waals surface area contributed by atoms with Crippen LogP contribution in [0.15, 0.2) is 97.3 Å². The molecule has 2 aromatic carbocycles. The lowest BCUT2D eigenvalue weighted by molar-refractivity contribution is 0.244. The third kappa shape index (κ3) is 6.72. The average Bonchev–Trinajstić information content (AvgIpc) is 3.69. The van der Waals surface area contributed by atoms with E-state index in [2.05, 4.69) is 73.8 Å². The SMILES string of the molecule is c1ccc(N2CCN(Cc3nc4ccccc4[nH]3)CC2)nc1.c1ccc(N2CCN(Cc3nc4ccccc4[nH]3)CC2)nc1. The average molecular weight is 587 g/mol. The zero-order chi connectivity index (χ0) is 29.6. The highest BCUT2D eigenvalue weighted by atomic mass is 15.3. The lowest BCUT2D eigenvalue weighted by Gasteiger charge is -2.34. The Kier molecular flexibility index (Phi) is 8.42. The van der Waals surface area contributed by atoms with Gasteiger partial charge in [0.05, 0.1) is 35.2 Å². The molecular weight excluding hydrogens is 548 g/mol. The molecule has 10 heteroatoms. The van der Waals surface area contributed by atoms with Crippen molar-refractivity contribution < 1.29 is 0 Å². The van der Waals surface area contributed by atoms with Crippen LogP contribution in [0, 0.1) is 0 Å². The first kappa shape index (κ1) is 28.0. The summed E-state index contributed by atoms with van der Waals surface area (Å²) in [6.45, 7) is 9.95. The molecule has 2 aliphatic heterocycles. The van der Waals surface area contributed by atoms with Crippen molar-refractivity contribution in [2.75, 3.05) is 62.2 Å². The van der Waals surface area contributed by atoms with Gasteiger partial charge in [-0.2, -0.15) is 0 Å². The molecule has 6 heterocycles. The highest BCUT2D eigenvalue weighted by Gasteiger charge is 2.20. The largest absolute Gasteiger partial charge is 0.354 e. The Bertz CT molecular complexity index is 1550. The van der Waals surface area contributed by atoms with Crippen LogP contribution in [0.4, 0.5) is 11.6 Å². The molecule has 10 nitrogen and oxygen atoms in total. The predicted molar refractivity (Wildman–Crippen MR) is 176 cm³/mol. The molecule has 2 fully saturated rings. The van der Waals surface area contributed by atoms with Gasteiger partial charge in [0.25, 0.3) is 0 Å². The van der Waals surface area contributed by atoms with E-state index in [1.54, 1.807) is 0 Å². The van der Waals surface area contributed by atoms with Crippen LogP contribution in [-0.2, 0) is 13.1 Å². The van der Waals surface area contributed by atoms with Gasteiger partial charge in [-0.25, -0.2) is 19.9 Å². The van der Waals surface area contributed by atoms with Gasteiger partial charge in [-0.1, -0.05) is 36.4 Å². The zero-order valence-corrected chi connectivity index (χ0v) is 24.9. The van der Waals surface area contributed by atoms with Crippen LogP contribution in [0.3, 0.4) is 0 Å². The highest BCUT2D eigenvalue weighted by Crippen LogP contribution is 2.17. The van der Waals surface area contributed by atoms with E-state index >= 15 is 0 Å². The summed E-state index contributed by atoms with van der Waals surface area (Å²) in [5.41, 5.74) is 4.32. The second-order valence-electron chi connectivity index (χ2n) is 11.3. The van der Waals surface area contributed by atoms with E-state index in [4.69, 9.17) is 0 Å². The summed E-state index contributed by atoms with van der Waals surface area (Å²) in [5.74, 6) is 4.25. The van der Waals surface area contributed by atoms with E-state index in [0.717, 1.165) is 111 Å². The molecule has 2 N–H and O–H groups in total. The summed E-state index contributed by atoms with van der Waals surface area (Å²) in [5, 5.41) is 0. The van der Waals surface area contributed by atoms with E-state index in [9.17, 15) is 0 Å². The van der Waals surface area contributed by atoms with Gasteiger partial charge in [-0.3, -0.25) is 9.80 Å². The number of nitrogens with zero attached hydrogens (tertiary/aromatic N) is 8. The van der Waals surface area contributed by atoms with E-state index < -0.39 is 0 Å². The maximum atomic E-state index is 4.66. The Hall–Kier alpha value is -4.80. The molecule has 0 spiro atoms. The molecule has 224 valence electrons. The maximum absolute atomic E-state index is 4.66. The molecule has 8 rings (SSSR count). The Balaban J connectivity index is 0.000000142. The van der Waals surface area contributed by atoms with Gasteiger partial charge in [0.2, 0.25) is 0 Å². The number of aromatic nitrogens is 6. The summed E-state index contributed by atoms with van der Waals surface area (Å²) in [4.78, 5) is 34.6. The molecule has 4 aromatic heterocycles. The quantitative estimate of drug-likeness (QED) is 0.293. The predicted octanol–water partition coefficient (Wildman–Crippen LogP) is 4.56. The number of para-hydroxylation sites is 4. The molecule has 6 aromatic rings. The molecule has 0 atom stereocenters. The van der Waals surface area contributed by atoms with Crippen LogP contribution >= 0.6 is 0 Å². The minimum Gasteiger partial charge on any atom is -0.354 e. The van der Waals surface area contributed by atoms with E-state index in [1.807, 2.05) is 73.1 Å². The van der Waals surface area contributed by atoms with Gasteiger partial charge in [-0.05, 0) is 48.5 Å². The van der Waals surface area contributed by atoms with Gasteiger partial charge < -0.3 is 19.8 Å². The van der Waals surface area contributed by atoms with Gasteiger partial charge in [0.15, 0.2) is 0 Å². The lowest BCUT2D eigenvalue weighted by Crippen LogP contribution is -2.46. The van der Waals surface area contributed by atoms with E-state index in [-0.39, 0.29) is 0 Å². The monoisotopic (exact) mass is 586 g/mol. The number of imidazole rings is 2. The molecule has 0 radical (unpaired) electrons. The minimum absolute atomic E-state index is 0.880. The molecule has 2 saturated heterocycles. The number of nitrogens with one attached hydrogen (secondary N) is 2. The normalized spacial score (nSPS) is 16.3. The Morgan fingerprint density at radius 1 is 0.477 bits per heavy atom. The maximum Gasteiger partial charge on any atom is 0.128 e. The van der Waals surface area contributed by atoms with Crippen molar-refractivity contribution >= 4 is 33.7 Å². The zero-order valence-electron chi connectivity index (χ0n) is 24.9. The molecule has 0 unspecified atom stereocenters. The third-order valence-electron chi connectivity index (χ3n) is 8.31.